The lowest BCUT2D eigenvalue weighted by atomic mass is 9.96. The second-order valence-electron chi connectivity index (χ2n) is 4.83. The molecule has 0 aliphatic carbocycles. The number of nitrogens with zero attached hydrogens (tertiary/aromatic N) is 1. The molecule has 1 fully saturated rings. The molecule has 0 aromatic rings. The molecule has 0 amide bonds. The van der Waals surface area contributed by atoms with Crippen LogP contribution in [0, 0.1) is 5.92 Å². The maximum atomic E-state index is 8.73. The predicted octanol–water partition coefficient (Wildman–Crippen LogP) is 1.08. The molecule has 0 saturated carbocycles. The van der Waals surface area contributed by atoms with Crippen LogP contribution in [0.3, 0.4) is 0 Å². The quantitative estimate of drug-likeness (QED) is 0.650. The summed E-state index contributed by atoms with van der Waals surface area (Å²) in [5, 5.41) is 12.3. The van der Waals surface area contributed by atoms with Crippen molar-refractivity contribution < 1.29 is 5.11 Å². The number of aliphatic hydroxyl groups excluding tert-OH is 1. The molecule has 1 heterocycles. The van der Waals surface area contributed by atoms with Gasteiger partial charge in [0.15, 0.2) is 0 Å². The van der Waals surface area contributed by atoms with E-state index in [0.29, 0.717) is 12.6 Å². The Morgan fingerprint density at radius 3 is 2.87 bits per heavy atom. The van der Waals surface area contributed by atoms with Crippen LogP contribution >= 0.6 is 0 Å². The van der Waals surface area contributed by atoms with Gasteiger partial charge in [0.1, 0.15) is 0 Å². The van der Waals surface area contributed by atoms with Crippen LogP contribution in [-0.2, 0) is 0 Å². The molecule has 0 bridgehead atoms. The zero-order chi connectivity index (χ0) is 11.1. The van der Waals surface area contributed by atoms with Gasteiger partial charge in [-0.25, -0.2) is 0 Å². The monoisotopic (exact) mass is 214 g/mol. The molecule has 1 saturated heterocycles. The van der Waals surface area contributed by atoms with Gasteiger partial charge in [-0.2, -0.15) is 0 Å². The first-order valence-electron chi connectivity index (χ1n) is 6.32. The summed E-state index contributed by atoms with van der Waals surface area (Å²) in [6.07, 6.45) is 3.40. The van der Waals surface area contributed by atoms with Gasteiger partial charge >= 0.3 is 0 Å². The fraction of sp³-hybridized carbons (Fsp3) is 1.00. The van der Waals surface area contributed by atoms with E-state index >= 15 is 0 Å². The van der Waals surface area contributed by atoms with Crippen molar-refractivity contribution in [2.24, 2.45) is 5.92 Å². The summed E-state index contributed by atoms with van der Waals surface area (Å²) in [5.41, 5.74) is 0. The Bertz CT molecular complexity index is 164. The number of aliphatic hydroxyl groups is 1. The van der Waals surface area contributed by atoms with Gasteiger partial charge in [-0.1, -0.05) is 13.8 Å². The summed E-state index contributed by atoms with van der Waals surface area (Å²) in [6.45, 7) is 9.50. The molecular weight excluding hydrogens is 188 g/mol. The van der Waals surface area contributed by atoms with E-state index in [1.54, 1.807) is 0 Å². The van der Waals surface area contributed by atoms with Crippen LogP contribution < -0.4 is 5.32 Å². The van der Waals surface area contributed by atoms with E-state index in [1.807, 2.05) is 0 Å². The van der Waals surface area contributed by atoms with Crippen molar-refractivity contribution in [1.29, 1.82) is 0 Å². The molecule has 3 nitrogen and oxygen atoms in total. The van der Waals surface area contributed by atoms with Crippen molar-refractivity contribution >= 4 is 0 Å². The van der Waals surface area contributed by atoms with E-state index in [0.717, 1.165) is 18.9 Å². The molecule has 2 atom stereocenters. The molecule has 0 spiro atoms. The van der Waals surface area contributed by atoms with E-state index in [4.69, 9.17) is 5.11 Å². The van der Waals surface area contributed by atoms with Gasteiger partial charge in [-0.15, -0.1) is 0 Å². The Balaban J connectivity index is 2.24. The van der Waals surface area contributed by atoms with Crippen LogP contribution in [0.15, 0.2) is 0 Å². The molecule has 0 aromatic carbocycles. The van der Waals surface area contributed by atoms with Crippen molar-refractivity contribution in [3.8, 4) is 0 Å². The van der Waals surface area contributed by atoms with Gasteiger partial charge in [-0.05, 0) is 38.3 Å². The first-order chi connectivity index (χ1) is 7.26. The van der Waals surface area contributed by atoms with Crippen molar-refractivity contribution in [3.05, 3.63) is 0 Å². The van der Waals surface area contributed by atoms with Crippen LogP contribution in [0.1, 0.15) is 33.1 Å². The smallest absolute Gasteiger partial charge is 0.0443 e. The Morgan fingerprint density at radius 1 is 1.40 bits per heavy atom. The van der Waals surface area contributed by atoms with Gasteiger partial charge in [0, 0.05) is 25.7 Å². The molecule has 1 aliphatic heterocycles. The van der Waals surface area contributed by atoms with E-state index in [2.05, 4.69) is 24.1 Å². The van der Waals surface area contributed by atoms with Gasteiger partial charge in [0.05, 0.1) is 0 Å². The first-order valence-corrected chi connectivity index (χ1v) is 6.32. The summed E-state index contributed by atoms with van der Waals surface area (Å²) < 4.78 is 0. The minimum absolute atomic E-state index is 0.300. The van der Waals surface area contributed by atoms with Gasteiger partial charge in [-0.3, -0.25) is 0 Å². The molecule has 0 radical (unpaired) electrons. The van der Waals surface area contributed by atoms with E-state index < -0.39 is 0 Å². The second kappa shape index (κ2) is 7.20. The zero-order valence-electron chi connectivity index (χ0n) is 10.2. The van der Waals surface area contributed by atoms with Crippen LogP contribution in [0.2, 0.25) is 0 Å². The molecule has 90 valence electrons. The standard InChI is InChI=1S/C12H26N2O/c1-3-6-14-9-11(2)8-12(10-14)13-5-4-7-15/h11-13,15H,3-10H2,1-2H3. The Labute approximate surface area is 93.9 Å². The average Bonchev–Trinajstić information content (AvgIpc) is 2.18. The summed E-state index contributed by atoms with van der Waals surface area (Å²) in [5.74, 6) is 0.803. The lowest BCUT2D eigenvalue weighted by Gasteiger charge is -2.36. The Morgan fingerprint density at radius 2 is 2.20 bits per heavy atom. The van der Waals surface area contributed by atoms with E-state index in [-0.39, 0.29) is 0 Å². The van der Waals surface area contributed by atoms with Crippen molar-refractivity contribution in [2.45, 2.75) is 39.2 Å². The topological polar surface area (TPSA) is 35.5 Å². The highest BCUT2D eigenvalue weighted by molar-refractivity contribution is 4.81. The second-order valence-corrected chi connectivity index (χ2v) is 4.83. The fourth-order valence-electron chi connectivity index (χ4n) is 2.49. The largest absolute Gasteiger partial charge is 0.396 e. The number of hydrogen-bond donors (Lipinski definition) is 2. The normalized spacial score (nSPS) is 28.2. The number of piperidine rings is 1. The maximum absolute atomic E-state index is 8.73. The number of nitrogens with one attached hydrogen (secondary N) is 1. The predicted molar refractivity (Wildman–Crippen MR) is 64.0 cm³/mol. The lowest BCUT2D eigenvalue weighted by molar-refractivity contribution is 0.148. The number of hydrogen-bond acceptors (Lipinski definition) is 3. The highest BCUT2D eigenvalue weighted by Gasteiger charge is 2.23. The average molecular weight is 214 g/mol. The summed E-state index contributed by atoms with van der Waals surface area (Å²) in [6, 6.07) is 0.631. The molecule has 1 aliphatic rings. The summed E-state index contributed by atoms with van der Waals surface area (Å²) in [4.78, 5) is 2.56. The molecule has 3 heteroatoms. The molecule has 0 aromatic heterocycles. The van der Waals surface area contributed by atoms with E-state index in [9.17, 15) is 0 Å². The van der Waals surface area contributed by atoms with E-state index in [1.165, 1.54) is 32.5 Å². The van der Waals surface area contributed by atoms with Gasteiger partial charge < -0.3 is 15.3 Å². The van der Waals surface area contributed by atoms with Crippen LogP contribution in [0.25, 0.3) is 0 Å². The fourth-order valence-corrected chi connectivity index (χ4v) is 2.49. The lowest BCUT2D eigenvalue weighted by Crippen LogP contribution is -2.49. The summed E-state index contributed by atoms with van der Waals surface area (Å²) >= 11 is 0. The number of likely N-dealkylation sites (tertiary alicyclic amines) is 1. The molecular formula is C12H26N2O. The Kier molecular flexibility index (Phi) is 6.22. The minimum Gasteiger partial charge on any atom is -0.396 e. The molecule has 2 unspecified atom stereocenters. The minimum atomic E-state index is 0.300. The van der Waals surface area contributed by atoms with Crippen molar-refractivity contribution in [1.82, 2.24) is 10.2 Å². The van der Waals surface area contributed by atoms with Crippen LogP contribution in [-0.4, -0.2) is 48.8 Å². The van der Waals surface area contributed by atoms with Gasteiger partial charge in [0.2, 0.25) is 0 Å². The Hall–Kier alpha value is -0.120. The van der Waals surface area contributed by atoms with Crippen LogP contribution in [0.5, 0.6) is 0 Å². The third kappa shape index (κ3) is 4.96. The maximum Gasteiger partial charge on any atom is 0.0443 e. The highest BCUT2D eigenvalue weighted by Crippen LogP contribution is 2.16. The number of rotatable bonds is 6. The molecule has 15 heavy (non-hydrogen) atoms. The molecule has 2 N–H and O–H groups in total. The SMILES string of the molecule is CCCN1CC(C)CC(NCCCO)C1. The summed E-state index contributed by atoms with van der Waals surface area (Å²) in [7, 11) is 0. The zero-order valence-corrected chi connectivity index (χ0v) is 10.2. The van der Waals surface area contributed by atoms with Crippen molar-refractivity contribution in [2.75, 3.05) is 32.8 Å². The van der Waals surface area contributed by atoms with Crippen molar-refractivity contribution in [3.63, 3.8) is 0 Å². The van der Waals surface area contributed by atoms with Crippen LogP contribution in [0.4, 0.5) is 0 Å². The third-order valence-corrected chi connectivity index (χ3v) is 3.04. The van der Waals surface area contributed by atoms with Gasteiger partial charge in [0.25, 0.3) is 0 Å². The third-order valence-electron chi connectivity index (χ3n) is 3.04. The first kappa shape index (κ1) is 12.9. The highest BCUT2D eigenvalue weighted by atomic mass is 16.3. The molecule has 1 rings (SSSR count).